The van der Waals surface area contributed by atoms with Crippen LogP contribution in [-0.2, 0) is 11.2 Å². The van der Waals surface area contributed by atoms with Crippen LogP contribution < -0.4 is 5.32 Å². The van der Waals surface area contributed by atoms with Crippen molar-refractivity contribution in [2.75, 3.05) is 13.1 Å². The second-order valence-corrected chi connectivity index (χ2v) is 7.64. The average molecular weight is 379 g/mol. The number of piperidine rings is 1. The third-order valence-electron chi connectivity index (χ3n) is 5.51. The molecule has 148 valence electrons. The Bertz CT molecular complexity index is 753. The number of amides is 2. The van der Waals surface area contributed by atoms with Gasteiger partial charge in [-0.1, -0.05) is 61.9 Å². The molecule has 1 aliphatic heterocycles. The summed E-state index contributed by atoms with van der Waals surface area (Å²) in [6.07, 6.45) is 4.64. The van der Waals surface area contributed by atoms with Crippen molar-refractivity contribution in [2.24, 2.45) is 5.92 Å². The summed E-state index contributed by atoms with van der Waals surface area (Å²) in [4.78, 5) is 27.5. The number of likely N-dealkylation sites (tertiary alicyclic amines) is 1. The minimum absolute atomic E-state index is 0.0595. The molecule has 0 saturated carbocycles. The molecule has 0 radical (unpaired) electrons. The Morgan fingerprint density at radius 2 is 1.61 bits per heavy atom. The van der Waals surface area contributed by atoms with Gasteiger partial charge in [0.05, 0.1) is 0 Å². The molecular weight excluding hydrogens is 348 g/mol. The van der Waals surface area contributed by atoms with E-state index in [4.69, 9.17) is 0 Å². The Kier molecular flexibility index (Phi) is 7.24. The van der Waals surface area contributed by atoms with Crippen molar-refractivity contribution in [3.8, 4) is 0 Å². The van der Waals surface area contributed by atoms with E-state index in [-0.39, 0.29) is 11.8 Å². The number of benzene rings is 2. The average Bonchev–Trinajstić information content (AvgIpc) is 2.75. The number of carbonyl (C=O) groups is 2. The predicted molar refractivity (Wildman–Crippen MR) is 112 cm³/mol. The summed E-state index contributed by atoms with van der Waals surface area (Å²) in [5, 5.41) is 2.95. The zero-order valence-electron chi connectivity index (χ0n) is 16.6. The van der Waals surface area contributed by atoms with Gasteiger partial charge in [-0.15, -0.1) is 0 Å². The Labute approximate surface area is 167 Å². The predicted octanol–water partition coefficient (Wildman–Crippen LogP) is 4.07. The van der Waals surface area contributed by atoms with Crippen molar-refractivity contribution in [1.82, 2.24) is 10.2 Å². The Hall–Kier alpha value is -2.62. The topological polar surface area (TPSA) is 49.4 Å². The van der Waals surface area contributed by atoms with Gasteiger partial charge in [0, 0.05) is 18.7 Å². The van der Waals surface area contributed by atoms with Gasteiger partial charge >= 0.3 is 0 Å². The van der Waals surface area contributed by atoms with E-state index < -0.39 is 6.04 Å². The number of nitrogens with one attached hydrogen (secondary N) is 1. The first-order chi connectivity index (χ1) is 13.7. The van der Waals surface area contributed by atoms with E-state index in [0.29, 0.717) is 17.9 Å². The molecule has 0 aliphatic carbocycles. The Morgan fingerprint density at radius 1 is 1.00 bits per heavy atom. The number of rotatable bonds is 7. The van der Waals surface area contributed by atoms with Crippen molar-refractivity contribution >= 4 is 11.8 Å². The minimum atomic E-state index is -0.441. The molecule has 1 heterocycles. The fraction of sp³-hybridized carbons (Fsp3) is 0.417. The highest BCUT2D eigenvalue weighted by molar-refractivity contribution is 5.97. The van der Waals surface area contributed by atoms with Crippen LogP contribution in [0.3, 0.4) is 0 Å². The van der Waals surface area contributed by atoms with Gasteiger partial charge in [-0.3, -0.25) is 9.59 Å². The zero-order valence-corrected chi connectivity index (χ0v) is 16.6. The molecule has 1 N–H and O–H groups in total. The highest BCUT2D eigenvalue weighted by Gasteiger charge is 2.29. The van der Waals surface area contributed by atoms with Crippen molar-refractivity contribution in [3.63, 3.8) is 0 Å². The van der Waals surface area contributed by atoms with Crippen LogP contribution in [0.5, 0.6) is 0 Å². The van der Waals surface area contributed by atoms with Crippen LogP contribution in [0.1, 0.15) is 48.5 Å². The second-order valence-electron chi connectivity index (χ2n) is 7.64. The minimum Gasteiger partial charge on any atom is -0.341 e. The molecule has 1 atom stereocenters. The van der Waals surface area contributed by atoms with Gasteiger partial charge < -0.3 is 10.2 Å². The van der Waals surface area contributed by atoms with Crippen molar-refractivity contribution < 1.29 is 9.59 Å². The highest BCUT2D eigenvalue weighted by Crippen LogP contribution is 2.22. The number of nitrogens with zero attached hydrogens (tertiary/aromatic N) is 1. The van der Waals surface area contributed by atoms with Crippen molar-refractivity contribution in [2.45, 2.75) is 45.1 Å². The Morgan fingerprint density at radius 3 is 2.21 bits per heavy atom. The molecule has 2 amide bonds. The maximum absolute atomic E-state index is 13.0. The second kappa shape index (κ2) is 10.1. The molecule has 0 bridgehead atoms. The molecule has 1 fully saturated rings. The lowest BCUT2D eigenvalue weighted by atomic mass is 9.90. The normalized spacial score (nSPS) is 15.8. The standard InChI is InChI=1S/C24H30N2O2/c1-2-9-22(25-23(27)21-12-7-4-8-13-21)24(28)26-16-14-20(15-17-26)18-19-10-5-3-6-11-19/h3-8,10-13,20,22H,2,9,14-18H2,1H3,(H,25,27). The first-order valence-corrected chi connectivity index (χ1v) is 10.4. The fourth-order valence-electron chi connectivity index (χ4n) is 3.90. The quantitative estimate of drug-likeness (QED) is 0.790. The molecule has 1 saturated heterocycles. The Balaban J connectivity index is 1.54. The summed E-state index contributed by atoms with van der Waals surface area (Å²) in [6.45, 7) is 3.59. The summed E-state index contributed by atoms with van der Waals surface area (Å²) in [5.74, 6) is 0.505. The van der Waals surface area contributed by atoms with Crippen LogP contribution >= 0.6 is 0 Å². The van der Waals surface area contributed by atoms with Crippen LogP contribution in [0.2, 0.25) is 0 Å². The van der Waals surface area contributed by atoms with Crippen molar-refractivity contribution in [1.29, 1.82) is 0 Å². The molecule has 28 heavy (non-hydrogen) atoms. The summed E-state index contributed by atoms with van der Waals surface area (Å²) in [5.41, 5.74) is 1.96. The smallest absolute Gasteiger partial charge is 0.251 e. The van der Waals surface area contributed by atoms with Crippen molar-refractivity contribution in [3.05, 3.63) is 71.8 Å². The van der Waals surface area contributed by atoms with Crippen LogP contribution in [0, 0.1) is 5.92 Å². The monoisotopic (exact) mass is 378 g/mol. The summed E-state index contributed by atoms with van der Waals surface area (Å²) >= 11 is 0. The molecule has 4 heteroatoms. The van der Waals surface area contributed by atoms with Gasteiger partial charge in [0.1, 0.15) is 6.04 Å². The zero-order chi connectivity index (χ0) is 19.8. The number of carbonyl (C=O) groups excluding carboxylic acids is 2. The lowest BCUT2D eigenvalue weighted by Crippen LogP contribution is -2.50. The van der Waals surface area contributed by atoms with E-state index in [1.165, 1.54) is 5.56 Å². The van der Waals surface area contributed by atoms with E-state index in [2.05, 4.69) is 29.6 Å². The molecule has 0 aromatic heterocycles. The number of hydrogen-bond donors (Lipinski definition) is 1. The van der Waals surface area contributed by atoms with Gasteiger partial charge in [-0.25, -0.2) is 0 Å². The molecule has 1 unspecified atom stereocenters. The fourth-order valence-corrected chi connectivity index (χ4v) is 3.90. The first-order valence-electron chi connectivity index (χ1n) is 10.4. The maximum atomic E-state index is 13.0. The number of hydrogen-bond acceptors (Lipinski definition) is 2. The van der Waals surface area contributed by atoms with Crippen LogP contribution in [0.15, 0.2) is 60.7 Å². The molecule has 0 spiro atoms. The summed E-state index contributed by atoms with van der Waals surface area (Å²) in [6, 6.07) is 19.2. The molecule has 3 rings (SSSR count). The maximum Gasteiger partial charge on any atom is 0.251 e. The SMILES string of the molecule is CCCC(NC(=O)c1ccccc1)C(=O)N1CCC(Cc2ccccc2)CC1. The van der Waals surface area contributed by atoms with E-state index in [1.54, 1.807) is 12.1 Å². The third kappa shape index (κ3) is 5.44. The van der Waals surface area contributed by atoms with Gasteiger partial charge in [-0.2, -0.15) is 0 Å². The molecule has 2 aromatic rings. The van der Waals surface area contributed by atoms with E-state index in [0.717, 1.165) is 38.8 Å². The first kappa shape index (κ1) is 20.1. The van der Waals surface area contributed by atoms with Crippen LogP contribution in [0.4, 0.5) is 0 Å². The third-order valence-corrected chi connectivity index (χ3v) is 5.51. The molecule has 1 aliphatic rings. The largest absolute Gasteiger partial charge is 0.341 e. The molecule has 2 aromatic carbocycles. The van der Waals surface area contributed by atoms with E-state index >= 15 is 0 Å². The molecule has 4 nitrogen and oxygen atoms in total. The summed E-state index contributed by atoms with van der Waals surface area (Å²) < 4.78 is 0. The summed E-state index contributed by atoms with van der Waals surface area (Å²) in [7, 11) is 0. The van der Waals surface area contributed by atoms with Gasteiger partial charge in [-0.05, 0) is 49.3 Å². The lowest BCUT2D eigenvalue weighted by Gasteiger charge is -2.34. The van der Waals surface area contributed by atoms with Gasteiger partial charge in [0.15, 0.2) is 0 Å². The van der Waals surface area contributed by atoms with E-state index in [1.807, 2.05) is 36.1 Å². The van der Waals surface area contributed by atoms with Crippen LogP contribution in [-0.4, -0.2) is 35.8 Å². The van der Waals surface area contributed by atoms with Gasteiger partial charge in [0.2, 0.25) is 5.91 Å². The molecular formula is C24H30N2O2. The lowest BCUT2D eigenvalue weighted by molar-refractivity contribution is -0.134. The van der Waals surface area contributed by atoms with E-state index in [9.17, 15) is 9.59 Å². The van der Waals surface area contributed by atoms with Gasteiger partial charge in [0.25, 0.3) is 5.91 Å². The highest BCUT2D eigenvalue weighted by atomic mass is 16.2. The van der Waals surface area contributed by atoms with Crippen LogP contribution in [0.25, 0.3) is 0 Å².